The molecule has 2 aromatic rings. The maximum atomic E-state index is 13.2. The topological polar surface area (TPSA) is 42.2 Å². The number of nitrogens with zero attached hydrogens (tertiary/aromatic N) is 2. The van der Waals surface area contributed by atoms with Gasteiger partial charge < -0.3 is 10.6 Å². The average Bonchev–Trinajstić information content (AvgIpc) is 2.37. The maximum absolute atomic E-state index is 13.2. The Balaban J connectivity index is 2.37. The minimum Gasteiger partial charge on any atom is -0.328 e. The third-order valence-electron chi connectivity index (χ3n) is 2.63. The Hall–Kier alpha value is -1.65. The Morgan fingerprint density at radius 1 is 1.39 bits per heavy atom. The highest BCUT2D eigenvalue weighted by Crippen LogP contribution is 2.29. The first-order valence-electron chi connectivity index (χ1n) is 5.45. The van der Waals surface area contributed by atoms with E-state index in [4.69, 9.17) is 17.3 Å². The molecule has 0 saturated carbocycles. The lowest BCUT2D eigenvalue weighted by atomic mass is 10.2. The van der Waals surface area contributed by atoms with Gasteiger partial charge in [-0.15, -0.1) is 0 Å². The van der Waals surface area contributed by atoms with Crippen molar-refractivity contribution in [1.29, 1.82) is 0 Å². The number of hydrogen-bond donors (Lipinski definition) is 1. The van der Waals surface area contributed by atoms with E-state index in [1.165, 1.54) is 12.1 Å². The Bertz CT molecular complexity index is 560. The fourth-order valence-corrected chi connectivity index (χ4v) is 1.95. The Kier molecular flexibility index (Phi) is 3.79. The van der Waals surface area contributed by atoms with E-state index in [2.05, 4.69) is 4.98 Å². The number of rotatable bonds is 3. The van der Waals surface area contributed by atoms with Gasteiger partial charge in [0.2, 0.25) is 0 Å². The summed E-state index contributed by atoms with van der Waals surface area (Å²) in [4.78, 5) is 5.97. The standard InChI is InChI=1S/C13H13ClFN3/c1-18(11-4-2-3-10(15)6-11)13-12(14)5-9(7-16)8-17-13/h2-6,8H,7,16H2,1H3. The van der Waals surface area contributed by atoms with E-state index in [0.717, 1.165) is 5.56 Å². The number of halogens is 2. The largest absolute Gasteiger partial charge is 0.328 e. The first-order chi connectivity index (χ1) is 8.61. The zero-order chi connectivity index (χ0) is 13.1. The van der Waals surface area contributed by atoms with Gasteiger partial charge in [0.1, 0.15) is 5.82 Å². The maximum Gasteiger partial charge on any atom is 0.151 e. The van der Waals surface area contributed by atoms with E-state index in [-0.39, 0.29) is 5.82 Å². The SMILES string of the molecule is CN(c1cccc(F)c1)c1ncc(CN)cc1Cl. The first kappa shape index (κ1) is 12.8. The lowest BCUT2D eigenvalue weighted by Crippen LogP contribution is -2.12. The van der Waals surface area contributed by atoms with Crippen molar-refractivity contribution in [3.8, 4) is 0 Å². The fourth-order valence-electron chi connectivity index (χ4n) is 1.64. The van der Waals surface area contributed by atoms with Crippen LogP contribution in [0.2, 0.25) is 5.02 Å². The van der Waals surface area contributed by atoms with Gasteiger partial charge in [-0.1, -0.05) is 17.7 Å². The summed E-state index contributed by atoms with van der Waals surface area (Å²) in [5, 5.41) is 0.490. The molecule has 1 aromatic carbocycles. The van der Waals surface area contributed by atoms with E-state index in [0.29, 0.717) is 23.1 Å². The second-order valence-corrected chi connectivity index (χ2v) is 4.30. The molecule has 0 aliphatic rings. The second-order valence-electron chi connectivity index (χ2n) is 3.89. The van der Waals surface area contributed by atoms with Gasteiger partial charge in [0.05, 0.1) is 5.02 Å². The van der Waals surface area contributed by atoms with E-state index in [1.807, 2.05) is 0 Å². The van der Waals surface area contributed by atoms with Crippen molar-refractivity contribution in [1.82, 2.24) is 4.98 Å². The molecule has 0 saturated heterocycles. The van der Waals surface area contributed by atoms with Crippen LogP contribution in [0, 0.1) is 5.82 Å². The van der Waals surface area contributed by atoms with Crippen LogP contribution in [0.15, 0.2) is 36.5 Å². The highest BCUT2D eigenvalue weighted by molar-refractivity contribution is 6.33. The normalized spacial score (nSPS) is 10.4. The number of pyridine rings is 1. The molecule has 18 heavy (non-hydrogen) atoms. The van der Waals surface area contributed by atoms with Crippen molar-refractivity contribution in [2.75, 3.05) is 11.9 Å². The van der Waals surface area contributed by atoms with Crippen molar-refractivity contribution in [2.45, 2.75) is 6.54 Å². The van der Waals surface area contributed by atoms with Crippen molar-refractivity contribution in [2.24, 2.45) is 5.73 Å². The molecule has 0 amide bonds. The molecule has 1 aromatic heterocycles. The minimum atomic E-state index is -0.297. The van der Waals surface area contributed by atoms with Crippen LogP contribution in [-0.4, -0.2) is 12.0 Å². The molecular weight excluding hydrogens is 253 g/mol. The molecule has 2 rings (SSSR count). The van der Waals surface area contributed by atoms with Crippen molar-refractivity contribution in [3.63, 3.8) is 0 Å². The zero-order valence-corrected chi connectivity index (χ0v) is 10.7. The first-order valence-corrected chi connectivity index (χ1v) is 5.83. The van der Waals surface area contributed by atoms with Crippen LogP contribution >= 0.6 is 11.6 Å². The summed E-state index contributed by atoms with van der Waals surface area (Å²) >= 11 is 6.14. The van der Waals surface area contributed by atoms with E-state index in [9.17, 15) is 4.39 Å². The molecule has 0 bridgehead atoms. The second kappa shape index (κ2) is 5.33. The van der Waals surface area contributed by atoms with Gasteiger partial charge in [-0.05, 0) is 29.8 Å². The smallest absolute Gasteiger partial charge is 0.151 e. The van der Waals surface area contributed by atoms with Gasteiger partial charge in [-0.2, -0.15) is 0 Å². The molecule has 0 unspecified atom stereocenters. The predicted molar refractivity (Wildman–Crippen MR) is 71.6 cm³/mol. The van der Waals surface area contributed by atoms with E-state index in [1.54, 1.807) is 36.3 Å². The molecule has 0 spiro atoms. The molecule has 5 heteroatoms. The molecule has 0 aliphatic heterocycles. The third-order valence-corrected chi connectivity index (χ3v) is 2.91. The molecule has 0 fully saturated rings. The predicted octanol–water partition coefficient (Wildman–Crippen LogP) is 3.10. The van der Waals surface area contributed by atoms with Crippen LogP contribution in [0.5, 0.6) is 0 Å². The lowest BCUT2D eigenvalue weighted by Gasteiger charge is -2.19. The fraction of sp³-hybridized carbons (Fsp3) is 0.154. The number of anilines is 2. The third kappa shape index (κ3) is 2.60. The monoisotopic (exact) mass is 265 g/mol. The van der Waals surface area contributed by atoms with Crippen molar-refractivity contribution in [3.05, 3.63) is 52.9 Å². The lowest BCUT2D eigenvalue weighted by molar-refractivity contribution is 0.628. The molecule has 0 aliphatic carbocycles. The summed E-state index contributed by atoms with van der Waals surface area (Å²) in [6, 6.07) is 8.01. The molecule has 2 N–H and O–H groups in total. The highest BCUT2D eigenvalue weighted by Gasteiger charge is 2.10. The molecule has 3 nitrogen and oxygen atoms in total. The van der Waals surface area contributed by atoms with Crippen molar-refractivity contribution >= 4 is 23.1 Å². The van der Waals surface area contributed by atoms with Crippen LogP contribution < -0.4 is 10.6 Å². The summed E-state index contributed by atoms with van der Waals surface area (Å²) in [7, 11) is 1.78. The summed E-state index contributed by atoms with van der Waals surface area (Å²) in [5.74, 6) is 0.272. The molecule has 0 radical (unpaired) electrons. The Morgan fingerprint density at radius 2 is 2.17 bits per heavy atom. The van der Waals surface area contributed by atoms with Crippen LogP contribution in [0.3, 0.4) is 0 Å². The van der Waals surface area contributed by atoms with Crippen molar-refractivity contribution < 1.29 is 4.39 Å². The summed E-state index contributed by atoms with van der Waals surface area (Å²) in [6.07, 6.45) is 1.66. The minimum absolute atomic E-state index is 0.297. The van der Waals surface area contributed by atoms with Crippen LogP contribution in [-0.2, 0) is 6.54 Å². The van der Waals surface area contributed by atoms with Gasteiger partial charge in [0, 0.05) is 25.5 Å². The van der Waals surface area contributed by atoms with Gasteiger partial charge in [0.25, 0.3) is 0 Å². The van der Waals surface area contributed by atoms with Crippen LogP contribution in [0.1, 0.15) is 5.56 Å². The van der Waals surface area contributed by atoms with Gasteiger partial charge in [-0.25, -0.2) is 9.37 Å². The van der Waals surface area contributed by atoms with E-state index < -0.39 is 0 Å². The number of aromatic nitrogens is 1. The molecule has 1 heterocycles. The van der Waals surface area contributed by atoms with Gasteiger partial charge in [-0.3, -0.25) is 0 Å². The number of hydrogen-bond acceptors (Lipinski definition) is 3. The quantitative estimate of drug-likeness (QED) is 0.927. The Morgan fingerprint density at radius 3 is 2.78 bits per heavy atom. The van der Waals surface area contributed by atoms with Crippen LogP contribution in [0.4, 0.5) is 15.9 Å². The van der Waals surface area contributed by atoms with Crippen LogP contribution in [0.25, 0.3) is 0 Å². The Labute approximate surface area is 110 Å². The average molecular weight is 266 g/mol. The van der Waals surface area contributed by atoms with Gasteiger partial charge >= 0.3 is 0 Å². The number of benzene rings is 1. The highest BCUT2D eigenvalue weighted by atomic mass is 35.5. The molecule has 0 atom stereocenters. The number of nitrogens with two attached hydrogens (primary N) is 1. The molecular formula is C13H13ClFN3. The zero-order valence-electron chi connectivity index (χ0n) is 9.90. The summed E-state index contributed by atoms with van der Waals surface area (Å²) < 4.78 is 13.2. The summed E-state index contributed by atoms with van der Waals surface area (Å²) in [6.45, 7) is 0.386. The molecule has 94 valence electrons. The van der Waals surface area contributed by atoms with Gasteiger partial charge in [0.15, 0.2) is 5.82 Å². The summed E-state index contributed by atoms with van der Waals surface area (Å²) in [5.41, 5.74) is 7.06. The van der Waals surface area contributed by atoms with E-state index >= 15 is 0 Å².